The Morgan fingerprint density at radius 3 is 2.56 bits per heavy atom. The van der Waals surface area contributed by atoms with E-state index in [2.05, 4.69) is 17.6 Å². The van der Waals surface area contributed by atoms with Crippen LogP contribution in [0, 0.1) is 6.92 Å². The van der Waals surface area contributed by atoms with Crippen LogP contribution in [0.3, 0.4) is 0 Å². The highest BCUT2D eigenvalue weighted by atomic mass is 16.6. The average molecular weight is 593 g/mol. The van der Waals surface area contributed by atoms with Gasteiger partial charge in [-0.25, -0.2) is 9.59 Å². The molecule has 1 aliphatic carbocycles. The number of aliphatic hydroxyl groups is 1. The maximum atomic E-state index is 13.6. The fraction of sp³-hybridized carbons (Fsp3) is 0.529. The molecule has 3 aromatic rings. The number of ether oxygens (including phenoxy) is 3. The molecule has 2 heterocycles. The molecule has 232 valence electrons. The normalized spacial score (nSPS) is 17.4. The van der Waals surface area contributed by atoms with Gasteiger partial charge in [-0.2, -0.15) is 0 Å². The van der Waals surface area contributed by atoms with E-state index in [1.807, 2.05) is 39.0 Å². The average Bonchev–Trinajstić information content (AvgIpc) is 3.26. The summed E-state index contributed by atoms with van der Waals surface area (Å²) in [4.78, 5) is 27.4. The van der Waals surface area contributed by atoms with Crippen LogP contribution in [0.15, 0.2) is 36.4 Å². The maximum Gasteiger partial charge on any atom is 0.410 e. The fourth-order valence-electron chi connectivity index (χ4n) is 6.55. The Morgan fingerprint density at radius 2 is 1.86 bits per heavy atom. The Hall–Kier alpha value is -3.56. The minimum Gasteiger partial charge on any atom is -0.491 e. The summed E-state index contributed by atoms with van der Waals surface area (Å²) in [5.41, 5.74) is 4.75. The Balaban J connectivity index is 1.71. The lowest BCUT2D eigenvalue weighted by atomic mass is 9.81. The first-order valence-corrected chi connectivity index (χ1v) is 15.4. The number of aryl methyl sites for hydroxylation is 1. The zero-order valence-corrected chi connectivity index (χ0v) is 25.7. The molecule has 0 bridgehead atoms. The van der Waals surface area contributed by atoms with E-state index < -0.39 is 23.7 Å². The molecular formula is C34H44N2O7. The smallest absolute Gasteiger partial charge is 0.410 e. The molecule has 43 heavy (non-hydrogen) atoms. The molecule has 1 aromatic heterocycles. The molecule has 1 saturated carbocycles. The van der Waals surface area contributed by atoms with Crippen molar-refractivity contribution in [1.29, 1.82) is 0 Å². The van der Waals surface area contributed by atoms with Crippen LogP contribution in [0.25, 0.3) is 22.2 Å². The van der Waals surface area contributed by atoms with Gasteiger partial charge in [0.05, 0.1) is 37.1 Å². The highest BCUT2D eigenvalue weighted by Crippen LogP contribution is 2.48. The summed E-state index contributed by atoms with van der Waals surface area (Å²) in [6.45, 7) is 8.72. The van der Waals surface area contributed by atoms with Crippen LogP contribution in [0.2, 0.25) is 0 Å². The van der Waals surface area contributed by atoms with Crippen molar-refractivity contribution in [3.8, 4) is 17.0 Å². The third-order valence-electron chi connectivity index (χ3n) is 8.44. The monoisotopic (exact) mass is 592 g/mol. The van der Waals surface area contributed by atoms with Crippen LogP contribution in [0.1, 0.15) is 80.3 Å². The van der Waals surface area contributed by atoms with Crippen LogP contribution >= 0.6 is 0 Å². The predicted molar refractivity (Wildman–Crippen MR) is 165 cm³/mol. The van der Waals surface area contributed by atoms with E-state index in [0.29, 0.717) is 12.5 Å². The molecule has 0 saturated heterocycles. The second-order valence-electron chi connectivity index (χ2n) is 12.7. The molecule has 9 nitrogen and oxygen atoms in total. The Kier molecular flexibility index (Phi) is 9.32. The van der Waals surface area contributed by atoms with Crippen molar-refractivity contribution in [2.45, 2.75) is 83.9 Å². The van der Waals surface area contributed by atoms with E-state index in [1.54, 1.807) is 17.0 Å². The largest absolute Gasteiger partial charge is 0.491 e. The Labute approximate surface area is 253 Å². The first-order valence-electron chi connectivity index (χ1n) is 15.4. The molecule has 0 spiro atoms. The second-order valence-corrected chi connectivity index (χ2v) is 12.7. The zero-order chi connectivity index (χ0) is 30.7. The number of aromatic carboxylic acids is 1. The topological polar surface area (TPSA) is 110 Å². The van der Waals surface area contributed by atoms with Crippen molar-refractivity contribution in [3.05, 3.63) is 53.1 Å². The summed E-state index contributed by atoms with van der Waals surface area (Å²) in [6, 6.07) is 11.0. The number of rotatable bonds is 8. The molecule has 2 N–H and O–H groups in total. The van der Waals surface area contributed by atoms with E-state index in [0.717, 1.165) is 59.2 Å². The molecule has 5 rings (SSSR count). The molecular weight excluding hydrogens is 548 g/mol. The van der Waals surface area contributed by atoms with Crippen LogP contribution in [-0.2, 0) is 16.0 Å². The summed E-state index contributed by atoms with van der Waals surface area (Å²) in [7, 11) is 0. The number of carbonyl (C=O) groups is 2. The SMILES string of the molecule is Cc1cccc2c1-c1c(C3CCCCC3)c3ccc(C(=O)O)cc3n1C[C@@H](N(CCOCCO)C(=O)OC(C)(C)C)CO2. The van der Waals surface area contributed by atoms with Crippen molar-refractivity contribution in [2.75, 3.05) is 33.0 Å². The number of amides is 1. The number of carbonyl (C=O) groups excluding carboxylic acids is 1. The van der Waals surface area contributed by atoms with Gasteiger partial charge in [0, 0.05) is 29.6 Å². The van der Waals surface area contributed by atoms with Gasteiger partial charge in [0.15, 0.2) is 0 Å². The van der Waals surface area contributed by atoms with Gasteiger partial charge >= 0.3 is 12.1 Å². The predicted octanol–water partition coefficient (Wildman–Crippen LogP) is 6.37. The lowest BCUT2D eigenvalue weighted by molar-refractivity contribution is -0.00227. The van der Waals surface area contributed by atoms with E-state index in [4.69, 9.17) is 14.2 Å². The van der Waals surface area contributed by atoms with Crippen LogP contribution in [0.4, 0.5) is 4.79 Å². The standard InChI is InChI=1S/C34H44N2O7/c1-22-9-8-12-28-29(22)31-30(23-10-6-5-7-11-23)26-14-13-24(32(38)39)19-27(26)36(31)20-25(21-42-28)35(15-17-41-18-16-37)33(40)43-34(2,3)4/h8-9,12-14,19,23,25,37H,5-7,10-11,15-18,20-21H2,1-4H3,(H,38,39)/t25-/m1/s1. The van der Waals surface area contributed by atoms with Gasteiger partial charge in [0.25, 0.3) is 0 Å². The molecule has 1 fully saturated rings. The number of aromatic nitrogens is 1. The van der Waals surface area contributed by atoms with Gasteiger partial charge in [-0.3, -0.25) is 4.90 Å². The Bertz CT molecular complexity index is 1470. The summed E-state index contributed by atoms with van der Waals surface area (Å²) < 4.78 is 20.2. The first-order chi connectivity index (χ1) is 20.6. The molecule has 2 aliphatic rings. The third-order valence-corrected chi connectivity index (χ3v) is 8.44. The van der Waals surface area contributed by atoms with E-state index in [-0.39, 0.29) is 38.5 Å². The number of carboxylic acid groups (broad SMARTS) is 1. The van der Waals surface area contributed by atoms with Crippen molar-refractivity contribution >= 4 is 23.0 Å². The van der Waals surface area contributed by atoms with Crippen LogP contribution in [-0.4, -0.2) is 76.4 Å². The number of hydrogen-bond donors (Lipinski definition) is 2. The quantitative estimate of drug-likeness (QED) is 0.293. The lowest BCUT2D eigenvalue weighted by Gasteiger charge is -2.36. The minimum atomic E-state index is -0.976. The molecule has 1 amide bonds. The second kappa shape index (κ2) is 13.0. The van der Waals surface area contributed by atoms with Gasteiger partial charge in [-0.05, 0) is 75.8 Å². The molecule has 1 aliphatic heterocycles. The zero-order valence-electron chi connectivity index (χ0n) is 25.7. The van der Waals surface area contributed by atoms with Gasteiger partial charge in [-0.15, -0.1) is 0 Å². The first kappa shape index (κ1) is 30.9. The number of hydrogen-bond acceptors (Lipinski definition) is 6. The van der Waals surface area contributed by atoms with Crippen molar-refractivity contribution in [2.24, 2.45) is 0 Å². The van der Waals surface area contributed by atoms with Crippen molar-refractivity contribution < 1.29 is 34.0 Å². The van der Waals surface area contributed by atoms with Crippen molar-refractivity contribution in [1.82, 2.24) is 9.47 Å². The highest BCUT2D eigenvalue weighted by Gasteiger charge is 2.35. The number of nitrogens with zero attached hydrogens (tertiary/aromatic N) is 2. The van der Waals surface area contributed by atoms with E-state index >= 15 is 0 Å². The summed E-state index contributed by atoms with van der Waals surface area (Å²) >= 11 is 0. The fourth-order valence-corrected chi connectivity index (χ4v) is 6.55. The van der Waals surface area contributed by atoms with Crippen LogP contribution in [0.5, 0.6) is 5.75 Å². The molecule has 1 atom stereocenters. The van der Waals surface area contributed by atoms with E-state index in [1.165, 1.54) is 12.0 Å². The highest BCUT2D eigenvalue weighted by molar-refractivity contribution is 5.99. The summed E-state index contributed by atoms with van der Waals surface area (Å²) in [5.74, 6) is 0.0997. The number of carboxylic acids is 1. The van der Waals surface area contributed by atoms with Gasteiger partial charge < -0.3 is 29.0 Å². The molecule has 0 radical (unpaired) electrons. The number of aliphatic hydroxyl groups excluding tert-OH is 1. The number of benzene rings is 2. The van der Waals surface area contributed by atoms with Crippen LogP contribution < -0.4 is 4.74 Å². The third kappa shape index (κ3) is 6.68. The van der Waals surface area contributed by atoms with Gasteiger partial charge in [-0.1, -0.05) is 37.5 Å². The molecule has 0 unspecified atom stereocenters. The van der Waals surface area contributed by atoms with Gasteiger partial charge in [0.1, 0.15) is 18.0 Å². The van der Waals surface area contributed by atoms with Gasteiger partial charge in [0.2, 0.25) is 0 Å². The molecule has 9 heteroatoms. The lowest BCUT2D eigenvalue weighted by Crippen LogP contribution is -2.49. The summed E-state index contributed by atoms with van der Waals surface area (Å²) in [6.07, 6.45) is 5.20. The van der Waals surface area contributed by atoms with E-state index in [9.17, 15) is 19.8 Å². The Morgan fingerprint density at radius 1 is 1.09 bits per heavy atom. The maximum absolute atomic E-state index is 13.6. The molecule has 2 aromatic carbocycles. The summed E-state index contributed by atoms with van der Waals surface area (Å²) in [5, 5.41) is 20.2. The van der Waals surface area contributed by atoms with Crippen molar-refractivity contribution in [3.63, 3.8) is 0 Å². The minimum absolute atomic E-state index is 0.107. The number of fused-ring (bicyclic) bond motifs is 5.